The van der Waals surface area contributed by atoms with E-state index in [0.717, 1.165) is 30.9 Å². The van der Waals surface area contributed by atoms with E-state index in [4.69, 9.17) is 0 Å². The predicted octanol–water partition coefficient (Wildman–Crippen LogP) is 1.52. The second-order valence-electron chi connectivity index (χ2n) is 5.03. The molecule has 108 valence electrons. The minimum atomic E-state index is 0.836. The Kier molecular flexibility index (Phi) is 4.74. The van der Waals surface area contributed by atoms with Gasteiger partial charge in [-0.1, -0.05) is 6.07 Å². The van der Waals surface area contributed by atoms with Crippen LogP contribution in [-0.2, 0) is 20.0 Å². The smallest absolute Gasteiger partial charge is 0.131 e. The lowest BCUT2D eigenvalue weighted by Crippen LogP contribution is -2.25. The maximum Gasteiger partial charge on any atom is 0.131 e. The lowest BCUT2D eigenvalue weighted by atomic mass is 10.2. The first-order valence-electron chi connectivity index (χ1n) is 6.91. The van der Waals surface area contributed by atoms with Crippen LogP contribution < -0.4 is 10.2 Å². The third-order valence-electron chi connectivity index (χ3n) is 3.46. The van der Waals surface area contributed by atoms with Crippen LogP contribution in [0.4, 0.5) is 5.82 Å². The highest BCUT2D eigenvalue weighted by Gasteiger charge is 2.16. The first-order chi connectivity index (χ1) is 9.63. The SMILES string of the molecule is CNCc1c(C)nn(C)c1N(C)CCc1ccccn1. The summed E-state index contributed by atoms with van der Waals surface area (Å²) in [7, 11) is 6.07. The molecule has 1 N–H and O–H groups in total. The van der Waals surface area contributed by atoms with Gasteiger partial charge in [-0.25, -0.2) is 0 Å². The molecule has 0 aromatic carbocycles. The average molecular weight is 273 g/mol. The molecule has 0 bridgehead atoms. The van der Waals surface area contributed by atoms with Gasteiger partial charge < -0.3 is 10.2 Å². The van der Waals surface area contributed by atoms with E-state index >= 15 is 0 Å². The molecule has 0 fully saturated rings. The highest BCUT2D eigenvalue weighted by atomic mass is 15.4. The predicted molar refractivity (Wildman–Crippen MR) is 81.9 cm³/mol. The average Bonchev–Trinajstić information content (AvgIpc) is 2.72. The summed E-state index contributed by atoms with van der Waals surface area (Å²) in [5.74, 6) is 1.17. The molecular weight excluding hydrogens is 250 g/mol. The standard InChI is InChI=1S/C15H23N5/c1-12-14(11-16-2)15(20(4)18-12)19(3)10-8-13-7-5-6-9-17-13/h5-7,9,16H,8,10-11H2,1-4H3. The Hall–Kier alpha value is -1.88. The number of pyridine rings is 1. The molecule has 0 saturated carbocycles. The minimum Gasteiger partial charge on any atom is -0.359 e. The van der Waals surface area contributed by atoms with Gasteiger partial charge in [0.1, 0.15) is 5.82 Å². The van der Waals surface area contributed by atoms with Crippen molar-refractivity contribution in [1.82, 2.24) is 20.1 Å². The van der Waals surface area contributed by atoms with Crippen molar-refractivity contribution >= 4 is 5.82 Å². The molecule has 0 aliphatic heterocycles. The van der Waals surface area contributed by atoms with E-state index in [-0.39, 0.29) is 0 Å². The zero-order chi connectivity index (χ0) is 14.5. The van der Waals surface area contributed by atoms with Gasteiger partial charge in [-0.15, -0.1) is 0 Å². The lowest BCUT2D eigenvalue weighted by Gasteiger charge is -2.21. The van der Waals surface area contributed by atoms with E-state index in [0.29, 0.717) is 0 Å². The van der Waals surface area contributed by atoms with Crippen molar-refractivity contribution in [1.29, 1.82) is 0 Å². The topological polar surface area (TPSA) is 46.0 Å². The van der Waals surface area contributed by atoms with Crippen LogP contribution in [0.15, 0.2) is 24.4 Å². The molecule has 0 aliphatic rings. The number of aryl methyl sites for hydroxylation is 2. The zero-order valence-electron chi connectivity index (χ0n) is 12.7. The number of nitrogens with zero attached hydrogens (tertiary/aromatic N) is 4. The summed E-state index contributed by atoms with van der Waals surface area (Å²) in [6.07, 6.45) is 2.77. The third kappa shape index (κ3) is 3.17. The number of hydrogen-bond donors (Lipinski definition) is 1. The molecule has 5 heteroatoms. The number of hydrogen-bond acceptors (Lipinski definition) is 4. The summed E-state index contributed by atoms with van der Waals surface area (Å²) in [4.78, 5) is 6.62. The lowest BCUT2D eigenvalue weighted by molar-refractivity contribution is 0.718. The molecule has 2 rings (SSSR count). The number of anilines is 1. The third-order valence-corrected chi connectivity index (χ3v) is 3.46. The van der Waals surface area contributed by atoms with Crippen LogP contribution in [0.2, 0.25) is 0 Å². The Labute approximate surface area is 120 Å². The Morgan fingerprint density at radius 1 is 1.35 bits per heavy atom. The van der Waals surface area contributed by atoms with Crippen LogP contribution in [0.3, 0.4) is 0 Å². The van der Waals surface area contributed by atoms with Crippen molar-refractivity contribution < 1.29 is 0 Å². The van der Waals surface area contributed by atoms with Crippen molar-refractivity contribution in [2.75, 3.05) is 25.5 Å². The van der Waals surface area contributed by atoms with Gasteiger partial charge in [0.2, 0.25) is 0 Å². The van der Waals surface area contributed by atoms with Gasteiger partial charge in [-0.2, -0.15) is 5.10 Å². The summed E-state index contributed by atoms with van der Waals surface area (Å²) in [6.45, 7) is 3.82. The molecule has 20 heavy (non-hydrogen) atoms. The summed E-state index contributed by atoms with van der Waals surface area (Å²) in [6, 6.07) is 6.04. The fourth-order valence-corrected chi connectivity index (χ4v) is 2.49. The van der Waals surface area contributed by atoms with Crippen LogP contribution in [0.1, 0.15) is 17.0 Å². The van der Waals surface area contributed by atoms with Crippen LogP contribution in [0.25, 0.3) is 0 Å². The molecule has 0 radical (unpaired) electrons. The summed E-state index contributed by atoms with van der Waals surface area (Å²) in [5, 5.41) is 7.74. The van der Waals surface area contributed by atoms with Gasteiger partial charge in [-0.05, 0) is 26.1 Å². The fraction of sp³-hybridized carbons (Fsp3) is 0.467. The van der Waals surface area contributed by atoms with Crippen molar-refractivity contribution in [3.63, 3.8) is 0 Å². The Bertz CT molecular complexity index is 547. The van der Waals surface area contributed by atoms with Crippen LogP contribution in [0.5, 0.6) is 0 Å². The summed E-state index contributed by atoms with van der Waals surface area (Å²) in [5.41, 5.74) is 3.47. The second kappa shape index (κ2) is 6.52. The van der Waals surface area contributed by atoms with E-state index in [1.54, 1.807) is 0 Å². The Morgan fingerprint density at radius 2 is 2.15 bits per heavy atom. The number of rotatable bonds is 6. The first kappa shape index (κ1) is 14.5. The fourth-order valence-electron chi connectivity index (χ4n) is 2.49. The summed E-state index contributed by atoms with van der Waals surface area (Å²) < 4.78 is 1.96. The summed E-state index contributed by atoms with van der Waals surface area (Å²) >= 11 is 0. The molecule has 0 unspecified atom stereocenters. The molecule has 0 atom stereocenters. The highest BCUT2D eigenvalue weighted by molar-refractivity contribution is 5.49. The van der Waals surface area contributed by atoms with Crippen LogP contribution >= 0.6 is 0 Å². The van der Waals surface area contributed by atoms with Crippen molar-refractivity contribution in [2.45, 2.75) is 19.9 Å². The van der Waals surface area contributed by atoms with Crippen molar-refractivity contribution in [3.05, 3.63) is 41.3 Å². The van der Waals surface area contributed by atoms with E-state index in [2.05, 4.69) is 40.3 Å². The van der Waals surface area contributed by atoms with Crippen LogP contribution in [-0.4, -0.2) is 35.4 Å². The quantitative estimate of drug-likeness (QED) is 0.867. The van der Waals surface area contributed by atoms with E-state index in [1.807, 2.05) is 37.1 Å². The Morgan fingerprint density at radius 3 is 2.80 bits per heavy atom. The maximum absolute atomic E-state index is 4.53. The largest absolute Gasteiger partial charge is 0.359 e. The molecular formula is C15H23N5. The monoisotopic (exact) mass is 273 g/mol. The Balaban J connectivity index is 2.10. The minimum absolute atomic E-state index is 0.836. The molecule has 2 heterocycles. The van der Waals surface area contributed by atoms with Gasteiger partial charge in [0.05, 0.1) is 5.69 Å². The van der Waals surface area contributed by atoms with Gasteiger partial charge >= 0.3 is 0 Å². The number of likely N-dealkylation sites (N-methyl/N-ethyl adjacent to an activating group) is 1. The molecule has 0 saturated heterocycles. The number of nitrogens with one attached hydrogen (secondary N) is 1. The zero-order valence-corrected chi connectivity index (χ0v) is 12.7. The molecule has 0 spiro atoms. The maximum atomic E-state index is 4.53. The molecule has 0 aliphatic carbocycles. The van der Waals surface area contributed by atoms with Crippen LogP contribution in [0, 0.1) is 6.92 Å². The van der Waals surface area contributed by atoms with Gasteiger partial charge in [0.15, 0.2) is 0 Å². The van der Waals surface area contributed by atoms with Gasteiger partial charge in [0.25, 0.3) is 0 Å². The van der Waals surface area contributed by atoms with Gasteiger partial charge in [-0.3, -0.25) is 9.67 Å². The highest BCUT2D eigenvalue weighted by Crippen LogP contribution is 2.22. The number of aromatic nitrogens is 3. The molecule has 0 amide bonds. The van der Waals surface area contributed by atoms with Crippen molar-refractivity contribution in [3.8, 4) is 0 Å². The van der Waals surface area contributed by atoms with Gasteiger partial charge in [0, 0.05) is 51.1 Å². The van der Waals surface area contributed by atoms with Crippen molar-refractivity contribution in [2.24, 2.45) is 7.05 Å². The molecule has 2 aromatic rings. The molecule has 5 nitrogen and oxygen atoms in total. The normalized spacial score (nSPS) is 10.8. The molecule has 2 aromatic heterocycles. The first-order valence-corrected chi connectivity index (χ1v) is 6.91. The van der Waals surface area contributed by atoms with E-state index in [9.17, 15) is 0 Å². The van der Waals surface area contributed by atoms with E-state index < -0.39 is 0 Å². The second-order valence-corrected chi connectivity index (χ2v) is 5.03. The van der Waals surface area contributed by atoms with E-state index in [1.165, 1.54) is 11.4 Å².